The van der Waals surface area contributed by atoms with E-state index in [0.717, 1.165) is 12.2 Å². The van der Waals surface area contributed by atoms with Gasteiger partial charge in [-0.25, -0.2) is 4.98 Å². The summed E-state index contributed by atoms with van der Waals surface area (Å²) < 4.78 is 0. The molecule has 1 aromatic rings. The van der Waals surface area contributed by atoms with Crippen LogP contribution in [0.3, 0.4) is 0 Å². The standard InChI is InChI=1S/C13H24N2OS/c1-9(2)11(7-16)14-6-10-8-17-12(15-10)13(3,4)5/h8-9,11,14,16H,6-7H2,1-5H3. The normalized spacial score (nSPS) is 14.3. The van der Waals surface area contributed by atoms with Gasteiger partial charge in [-0.2, -0.15) is 0 Å². The van der Waals surface area contributed by atoms with E-state index in [4.69, 9.17) is 0 Å². The number of hydrogen-bond acceptors (Lipinski definition) is 4. The summed E-state index contributed by atoms with van der Waals surface area (Å²) in [5, 5.41) is 15.8. The third-order valence-corrected chi connectivity index (χ3v) is 4.06. The highest BCUT2D eigenvalue weighted by Gasteiger charge is 2.18. The maximum Gasteiger partial charge on any atom is 0.0982 e. The molecule has 0 radical (unpaired) electrons. The van der Waals surface area contributed by atoms with Crippen LogP contribution in [0.5, 0.6) is 0 Å². The van der Waals surface area contributed by atoms with Crippen molar-refractivity contribution in [3.05, 3.63) is 16.1 Å². The van der Waals surface area contributed by atoms with E-state index in [-0.39, 0.29) is 18.1 Å². The Hall–Kier alpha value is -0.450. The van der Waals surface area contributed by atoms with E-state index >= 15 is 0 Å². The van der Waals surface area contributed by atoms with Gasteiger partial charge in [0.15, 0.2) is 0 Å². The molecule has 4 heteroatoms. The van der Waals surface area contributed by atoms with Crippen LogP contribution >= 0.6 is 11.3 Å². The van der Waals surface area contributed by atoms with E-state index in [1.807, 2.05) is 0 Å². The van der Waals surface area contributed by atoms with Gasteiger partial charge in [0.1, 0.15) is 0 Å². The lowest BCUT2D eigenvalue weighted by Crippen LogP contribution is -2.36. The molecule has 0 fully saturated rings. The molecule has 0 saturated heterocycles. The van der Waals surface area contributed by atoms with Crippen molar-refractivity contribution in [1.82, 2.24) is 10.3 Å². The average Bonchev–Trinajstić information content (AvgIpc) is 2.66. The van der Waals surface area contributed by atoms with Crippen LogP contribution in [-0.4, -0.2) is 22.7 Å². The van der Waals surface area contributed by atoms with E-state index in [0.29, 0.717) is 5.92 Å². The van der Waals surface area contributed by atoms with Crippen molar-refractivity contribution >= 4 is 11.3 Å². The first-order chi connectivity index (χ1) is 7.84. The van der Waals surface area contributed by atoms with E-state index in [9.17, 15) is 5.11 Å². The van der Waals surface area contributed by atoms with Crippen molar-refractivity contribution in [1.29, 1.82) is 0 Å². The molecule has 1 rings (SSSR count). The highest BCUT2D eigenvalue weighted by molar-refractivity contribution is 7.09. The Morgan fingerprint density at radius 1 is 1.41 bits per heavy atom. The molecule has 1 aromatic heterocycles. The molecule has 1 unspecified atom stereocenters. The lowest BCUT2D eigenvalue weighted by atomic mass is 9.98. The molecule has 0 aliphatic carbocycles. The molecular formula is C13H24N2OS. The highest BCUT2D eigenvalue weighted by Crippen LogP contribution is 2.25. The lowest BCUT2D eigenvalue weighted by Gasteiger charge is -2.19. The number of hydrogen-bond donors (Lipinski definition) is 2. The molecule has 0 spiro atoms. The second-order valence-corrected chi connectivity index (χ2v) is 6.67. The predicted octanol–water partition coefficient (Wildman–Crippen LogP) is 2.55. The van der Waals surface area contributed by atoms with Crippen LogP contribution in [-0.2, 0) is 12.0 Å². The van der Waals surface area contributed by atoms with Crippen molar-refractivity contribution in [3.8, 4) is 0 Å². The fraction of sp³-hybridized carbons (Fsp3) is 0.769. The van der Waals surface area contributed by atoms with Crippen molar-refractivity contribution < 1.29 is 5.11 Å². The van der Waals surface area contributed by atoms with Crippen molar-refractivity contribution in [2.75, 3.05) is 6.61 Å². The van der Waals surface area contributed by atoms with Crippen LogP contribution in [0, 0.1) is 5.92 Å². The summed E-state index contributed by atoms with van der Waals surface area (Å²) in [5.41, 5.74) is 1.19. The van der Waals surface area contributed by atoms with E-state index in [1.54, 1.807) is 11.3 Å². The molecular weight excluding hydrogens is 232 g/mol. The van der Waals surface area contributed by atoms with Gasteiger partial charge < -0.3 is 10.4 Å². The minimum Gasteiger partial charge on any atom is -0.395 e. The molecule has 17 heavy (non-hydrogen) atoms. The zero-order valence-electron chi connectivity index (χ0n) is 11.4. The largest absolute Gasteiger partial charge is 0.395 e. The summed E-state index contributed by atoms with van der Waals surface area (Å²) in [7, 11) is 0. The number of rotatable bonds is 5. The number of nitrogens with zero attached hydrogens (tertiary/aromatic N) is 1. The Morgan fingerprint density at radius 3 is 2.47 bits per heavy atom. The van der Waals surface area contributed by atoms with Gasteiger partial charge in [0.25, 0.3) is 0 Å². The molecule has 3 nitrogen and oxygen atoms in total. The van der Waals surface area contributed by atoms with Gasteiger partial charge in [-0.15, -0.1) is 11.3 Å². The van der Waals surface area contributed by atoms with Gasteiger partial charge in [0, 0.05) is 23.4 Å². The third kappa shape index (κ3) is 4.37. The summed E-state index contributed by atoms with van der Waals surface area (Å²) in [6, 6.07) is 0.148. The van der Waals surface area contributed by atoms with Gasteiger partial charge in [0.05, 0.1) is 17.3 Å². The van der Waals surface area contributed by atoms with Crippen molar-refractivity contribution in [2.24, 2.45) is 5.92 Å². The number of aliphatic hydroxyl groups is 1. The first-order valence-corrected chi connectivity index (χ1v) is 7.01. The van der Waals surface area contributed by atoms with Gasteiger partial charge >= 0.3 is 0 Å². The smallest absolute Gasteiger partial charge is 0.0982 e. The maximum atomic E-state index is 9.23. The number of nitrogens with one attached hydrogen (secondary N) is 1. The Balaban J connectivity index is 2.56. The zero-order chi connectivity index (χ0) is 13.1. The summed E-state index contributed by atoms with van der Waals surface area (Å²) in [6.07, 6.45) is 0. The van der Waals surface area contributed by atoms with E-state index in [2.05, 4.69) is 50.3 Å². The van der Waals surface area contributed by atoms with Gasteiger partial charge in [-0.1, -0.05) is 34.6 Å². The Kier molecular flexibility index (Phi) is 5.10. The van der Waals surface area contributed by atoms with Gasteiger partial charge in [-0.05, 0) is 5.92 Å². The SMILES string of the molecule is CC(C)C(CO)NCc1csc(C(C)(C)C)n1. The second kappa shape index (κ2) is 5.94. The quantitative estimate of drug-likeness (QED) is 0.851. The molecule has 1 heterocycles. The first kappa shape index (κ1) is 14.6. The Bertz CT molecular complexity index is 341. The van der Waals surface area contributed by atoms with Gasteiger partial charge in [-0.3, -0.25) is 0 Å². The maximum absolute atomic E-state index is 9.23. The molecule has 0 saturated carbocycles. The average molecular weight is 256 g/mol. The number of thiazole rings is 1. The Morgan fingerprint density at radius 2 is 2.06 bits per heavy atom. The van der Waals surface area contributed by atoms with Crippen molar-refractivity contribution in [3.63, 3.8) is 0 Å². The minimum absolute atomic E-state index is 0.122. The molecule has 98 valence electrons. The zero-order valence-corrected chi connectivity index (χ0v) is 12.3. The van der Waals surface area contributed by atoms with Crippen LogP contribution in [0.25, 0.3) is 0 Å². The lowest BCUT2D eigenvalue weighted by molar-refractivity contribution is 0.209. The van der Waals surface area contributed by atoms with Gasteiger partial charge in [0.2, 0.25) is 0 Å². The molecule has 2 N–H and O–H groups in total. The first-order valence-electron chi connectivity index (χ1n) is 6.13. The van der Waals surface area contributed by atoms with Crippen LogP contribution in [0.1, 0.15) is 45.3 Å². The molecule has 0 aliphatic heterocycles. The highest BCUT2D eigenvalue weighted by atomic mass is 32.1. The molecule has 0 amide bonds. The fourth-order valence-corrected chi connectivity index (χ4v) is 2.39. The molecule has 1 atom stereocenters. The van der Waals surface area contributed by atoms with Crippen LogP contribution in [0.4, 0.5) is 0 Å². The minimum atomic E-state index is 0.122. The predicted molar refractivity (Wildman–Crippen MR) is 73.4 cm³/mol. The Labute approximate surface area is 108 Å². The molecule has 0 aliphatic rings. The van der Waals surface area contributed by atoms with E-state index < -0.39 is 0 Å². The monoisotopic (exact) mass is 256 g/mol. The second-order valence-electron chi connectivity index (χ2n) is 5.81. The fourth-order valence-electron chi connectivity index (χ4n) is 1.48. The number of aliphatic hydroxyl groups excluding tert-OH is 1. The van der Waals surface area contributed by atoms with Crippen LogP contribution in [0.2, 0.25) is 0 Å². The summed E-state index contributed by atoms with van der Waals surface area (Å²) >= 11 is 1.71. The summed E-state index contributed by atoms with van der Waals surface area (Å²) in [6.45, 7) is 11.6. The molecule has 0 aromatic carbocycles. The third-order valence-electron chi connectivity index (χ3n) is 2.74. The van der Waals surface area contributed by atoms with Crippen LogP contribution in [0.15, 0.2) is 5.38 Å². The van der Waals surface area contributed by atoms with Crippen LogP contribution < -0.4 is 5.32 Å². The summed E-state index contributed by atoms with van der Waals surface area (Å²) in [4.78, 5) is 4.62. The topological polar surface area (TPSA) is 45.1 Å². The molecule has 0 bridgehead atoms. The van der Waals surface area contributed by atoms with E-state index in [1.165, 1.54) is 5.01 Å². The van der Waals surface area contributed by atoms with Crippen molar-refractivity contribution in [2.45, 2.75) is 52.6 Å². The summed E-state index contributed by atoms with van der Waals surface area (Å²) in [5.74, 6) is 0.431. The number of aromatic nitrogens is 1.